The van der Waals surface area contributed by atoms with E-state index in [0.29, 0.717) is 11.3 Å². The third-order valence-electron chi connectivity index (χ3n) is 5.79. The summed E-state index contributed by atoms with van der Waals surface area (Å²) in [6.45, 7) is 4.20. The van der Waals surface area contributed by atoms with Crippen LogP contribution in [0.3, 0.4) is 0 Å². The third kappa shape index (κ3) is 7.63. The number of hydrogen-bond acceptors (Lipinski definition) is 6. The number of thioether (sulfide) groups is 1. The van der Waals surface area contributed by atoms with E-state index in [1.165, 1.54) is 30.6 Å². The number of ether oxygens (including phenoxy) is 2. The molecule has 8 nitrogen and oxygen atoms in total. The number of nitrogens with two attached hydrogens (primary N) is 1. The van der Waals surface area contributed by atoms with Crippen LogP contribution in [0.2, 0.25) is 0 Å². The van der Waals surface area contributed by atoms with Crippen LogP contribution in [0.15, 0.2) is 86.9 Å². The first kappa shape index (κ1) is 28.7. The maximum Gasteiger partial charge on any atom is 0.573 e. The summed E-state index contributed by atoms with van der Waals surface area (Å²) in [7, 11) is 1.65. The van der Waals surface area contributed by atoms with Crippen molar-refractivity contribution in [3.63, 3.8) is 0 Å². The molecule has 2 N–H and O–H groups in total. The Bertz CT molecular complexity index is 1440. The average molecular weight is 569 g/mol. The van der Waals surface area contributed by atoms with Gasteiger partial charge in [-0.3, -0.25) is 0 Å². The number of aryl methyl sites for hydroxylation is 1. The Labute approximate surface area is 234 Å². The van der Waals surface area contributed by atoms with E-state index < -0.39 is 6.36 Å². The van der Waals surface area contributed by atoms with E-state index >= 15 is 0 Å². The molecule has 1 saturated heterocycles. The lowest BCUT2D eigenvalue weighted by Crippen LogP contribution is -2.32. The SMILES string of the molecule is COc1ccc(N2/C(=N\N=C/c3ccc(C(N)=NC=Nc4ccc(OC(F)(F)F)cc4)cc3)SCC2C)c(C)c1. The fourth-order valence-electron chi connectivity index (χ4n) is 3.82. The summed E-state index contributed by atoms with van der Waals surface area (Å²) in [4.78, 5) is 10.4. The molecular weight excluding hydrogens is 541 g/mol. The molecule has 208 valence electrons. The Morgan fingerprint density at radius 3 is 2.40 bits per heavy atom. The van der Waals surface area contributed by atoms with Crippen LogP contribution >= 0.6 is 11.8 Å². The first-order valence-electron chi connectivity index (χ1n) is 12.1. The number of hydrogen-bond donors (Lipinski definition) is 1. The minimum atomic E-state index is -4.75. The number of nitrogens with zero attached hydrogens (tertiary/aromatic N) is 5. The first-order chi connectivity index (χ1) is 19.1. The van der Waals surface area contributed by atoms with Crippen molar-refractivity contribution in [3.05, 3.63) is 83.4 Å². The number of methoxy groups -OCH3 is 1. The Kier molecular flexibility index (Phi) is 9.10. The summed E-state index contributed by atoms with van der Waals surface area (Å²) < 4.78 is 45.9. The summed E-state index contributed by atoms with van der Waals surface area (Å²) in [5, 5.41) is 9.60. The van der Waals surface area contributed by atoms with Gasteiger partial charge in [-0.25, -0.2) is 9.98 Å². The van der Waals surface area contributed by atoms with Crippen molar-refractivity contribution >= 4 is 46.7 Å². The molecule has 4 rings (SSSR count). The first-order valence-corrected chi connectivity index (χ1v) is 13.1. The van der Waals surface area contributed by atoms with Crippen LogP contribution in [0.4, 0.5) is 24.5 Å². The Hall–Kier alpha value is -4.32. The summed E-state index contributed by atoms with van der Waals surface area (Å²) in [6.07, 6.45) is -1.85. The van der Waals surface area contributed by atoms with Crippen LogP contribution in [0.5, 0.6) is 11.5 Å². The van der Waals surface area contributed by atoms with Gasteiger partial charge in [-0.05, 0) is 67.4 Å². The van der Waals surface area contributed by atoms with Gasteiger partial charge in [0.2, 0.25) is 0 Å². The van der Waals surface area contributed by atoms with Crippen molar-refractivity contribution in [2.75, 3.05) is 17.8 Å². The highest BCUT2D eigenvalue weighted by atomic mass is 32.2. The van der Waals surface area contributed by atoms with Crippen molar-refractivity contribution in [3.8, 4) is 11.5 Å². The lowest BCUT2D eigenvalue weighted by atomic mass is 10.1. The van der Waals surface area contributed by atoms with E-state index in [4.69, 9.17) is 10.5 Å². The van der Waals surface area contributed by atoms with Crippen molar-refractivity contribution in [2.24, 2.45) is 25.9 Å². The van der Waals surface area contributed by atoms with Gasteiger partial charge in [0.1, 0.15) is 23.7 Å². The smallest absolute Gasteiger partial charge is 0.497 e. The summed E-state index contributed by atoms with van der Waals surface area (Å²) in [6, 6.07) is 18.6. The molecule has 0 spiro atoms. The molecule has 1 atom stereocenters. The van der Waals surface area contributed by atoms with E-state index in [1.54, 1.807) is 37.2 Å². The summed E-state index contributed by atoms with van der Waals surface area (Å²) in [5.74, 6) is 1.62. The highest BCUT2D eigenvalue weighted by Crippen LogP contribution is 2.34. The van der Waals surface area contributed by atoms with Gasteiger partial charge in [0.15, 0.2) is 5.17 Å². The molecule has 3 aromatic carbocycles. The molecule has 12 heteroatoms. The molecule has 3 aromatic rings. The number of rotatable bonds is 8. The molecule has 1 fully saturated rings. The van der Waals surface area contributed by atoms with Gasteiger partial charge in [0.05, 0.1) is 19.0 Å². The largest absolute Gasteiger partial charge is 0.573 e. The van der Waals surface area contributed by atoms with Gasteiger partial charge in [-0.2, -0.15) is 5.10 Å². The average Bonchev–Trinajstić information content (AvgIpc) is 3.28. The summed E-state index contributed by atoms with van der Waals surface area (Å²) >= 11 is 1.66. The van der Waals surface area contributed by atoms with Crippen LogP contribution in [0, 0.1) is 6.92 Å². The van der Waals surface area contributed by atoms with E-state index in [2.05, 4.69) is 36.7 Å². The van der Waals surface area contributed by atoms with Gasteiger partial charge >= 0.3 is 6.36 Å². The Morgan fingerprint density at radius 2 is 1.75 bits per heavy atom. The second-order valence-corrected chi connectivity index (χ2v) is 9.72. The molecular formula is C28H27F3N6O2S. The molecule has 0 saturated carbocycles. The molecule has 1 aliphatic heterocycles. The normalized spacial score (nSPS) is 17.4. The van der Waals surface area contributed by atoms with E-state index in [1.807, 2.05) is 37.3 Å². The molecule has 0 radical (unpaired) electrons. The van der Waals surface area contributed by atoms with Crippen molar-refractivity contribution in [1.82, 2.24) is 0 Å². The molecule has 40 heavy (non-hydrogen) atoms. The maximum absolute atomic E-state index is 12.3. The van der Waals surface area contributed by atoms with Gasteiger partial charge in [-0.15, -0.1) is 18.3 Å². The fourth-order valence-corrected chi connectivity index (χ4v) is 4.88. The number of aliphatic imine (C=N–C) groups is 2. The minimum Gasteiger partial charge on any atom is -0.497 e. The lowest BCUT2D eigenvalue weighted by molar-refractivity contribution is -0.274. The lowest BCUT2D eigenvalue weighted by Gasteiger charge is -2.24. The van der Waals surface area contributed by atoms with E-state index in [-0.39, 0.29) is 17.6 Å². The number of halogens is 3. The van der Waals surface area contributed by atoms with Crippen molar-refractivity contribution in [1.29, 1.82) is 0 Å². The number of alkyl halides is 3. The number of benzene rings is 3. The molecule has 0 aromatic heterocycles. The maximum atomic E-state index is 12.3. The zero-order chi connectivity index (χ0) is 28.7. The predicted octanol–water partition coefficient (Wildman–Crippen LogP) is 6.30. The highest BCUT2D eigenvalue weighted by Gasteiger charge is 2.31. The van der Waals surface area contributed by atoms with Gasteiger partial charge in [-0.1, -0.05) is 36.0 Å². The zero-order valence-corrected chi connectivity index (χ0v) is 22.8. The fraction of sp³-hybridized carbons (Fsp3) is 0.214. The summed E-state index contributed by atoms with van der Waals surface area (Å²) in [5.41, 5.74) is 10.1. The topological polar surface area (TPSA) is 97.2 Å². The van der Waals surface area contributed by atoms with Crippen LogP contribution < -0.4 is 20.1 Å². The van der Waals surface area contributed by atoms with Crippen LogP contribution in [0.25, 0.3) is 0 Å². The molecule has 0 amide bonds. The molecule has 1 heterocycles. The zero-order valence-electron chi connectivity index (χ0n) is 22.0. The van der Waals surface area contributed by atoms with Crippen LogP contribution in [-0.4, -0.2) is 48.8 Å². The van der Waals surface area contributed by atoms with E-state index in [0.717, 1.165) is 33.5 Å². The molecule has 1 aliphatic rings. The predicted molar refractivity (Wildman–Crippen MR) is 156 cm³/mol. The van der Waals surface area contributed by atoms with Crippen molar-refractivity contribution in [2.45, 2.75) is 26.3 Å². The van der Waals surface area contributed by atoms with Crippen molar-refractivity contribution < 1.29 is 22.6 Å². The number of anilines is 1. The monoisotopic (exact) mass is 568 g/mol. The quantitative estimate of drug-likeness (QED) is 0.195. The second kappa shape index (κ2) is 12.7. The standard InChI is InChI=1S/C28H27F3N6O2S/c1-18-14-24(38-3)12-13-25(18)37-19(2)16-40-27(37)36-35-15-20-4-6-21(7-5-20)26(32)34-17-33-22-8-10-23(11-9-22)39-28(29,30)31/h4-15,17,19H,16H2,1-3H3,(H2,32,33,34)/b35-15-,36-27+. The molecule has 0 bridgehead atoms. The van der Waals surface area contributed by atoms with Gasteiger partial charge in [0, 0.05) is 23.0 Å². The molecule has 1 unspecified atom stereocenters. The van der Waals surface area contributed by atoms with E-state index in [9.17, 15) is 13.2 Å². The van der Waals surface area contributed by atoms with Gasteiger partial charge < -0.3 is 20.1 Å². The van der Waals surface area contributed by atoms with Crippen LogP contribution in [-0.2, 0) is 0 Å². The van der Waals surface area contributed by atoms with Crippen LogP contribution in [0.1, 0.15) is 23.6 Å². The third-order valence-corrected chi connectivity index (χ3v) is 6.98. The highest BCUT2D eigenvalue weighted by molar-refractivity contribution is 8.14. The minimum absolute atomic E-state index is 0.228. The Morgan fingerprint density at radius 1 is 1.05 bits per heavy atom. The second-order valence-electron chi connectivity index (χ2n) is 8.73. The molecule has 0 aliphatic carbocycles. The Balaban J connectivity index is 1.38. The number of amidine groups is 2. The van der Waals surface area contributed by atoms with Gasteiger partial charge in [0.25, 0.3) is 0 Å².